The van der Waals surface area contributed by atoms with Crippen molar-refractivity contribution in [1.82, 2.24) is 4.98 Å². The second kappa shape index (κ2) is 3.61. The zero-order valence-corrected chi connectivity index (χ0v) is 9.18. The van der Waals surface area contributed by atoms with Crippen molar-refractivity contribution in [3.63, 3.8) is 0 Å². The summed E-state index contributed by atoms with van der Waals surface area (Å²) in [5.74, 6) is 0. The van der Waals surface area contributed by atoms with Gasteiger partial charge in [-0.2, -0.15) is 0 Å². The van der Waals surface area contributed by atoms with Crippen LogP contribution in [-0.2, 0) is 5.54 Å². The predicted octanol–water partition coefficient (Wildman–Crippen LogP) is 1.54. The first-order valence-corrected chi connectivity index (χ1v) is 5.88. The molecule has 0 amide bonds. The number of aliphatic hydroxyl groups is 1. The van der Waals surface area contributed by atoms with E-state index in [-0.39, 0.29) is 11.6 Å². The topological polar surface area (TPSA) is 59.1 Å². The molecule has 1 fully saturated rings. The van der Waals surface area contributed by atoms with Crippen molar-refractivity contribution < 1.29 is 5.11 Å². The number of thiazole rings is 1. The smallest absolute Gasteiger partial charge is 0.0898 e. The molecular weight excluding hydrogens is 196 g/mol. The summed E-state index contributed by atoms with van der Waals surface area (Å²) in [7, 11) is 0. The van der Waals surface area contributed by atoms with Crippen molar-refractivity contribution in [3.05, 3.63) is 16.1 Å². The Balaban J connectivity index is 2.16. The number of nitrogens with two attached hydrogens (primary N) is 1. The second-order valence-corrected chi connectivity index (χ2v) is 5.20. The second-order valence-electron chi connectivity index (χ2n) is 4.14. The van der Waals surface area contributed by atoms with Crippen molar-refractivity contribution in [2.75, 3.05) is 0 Å². The number of rotatable bonds is 1. The number of aliphatic hydroxyl groups excluding tert-OH is 1. The van der Waals surface area contributed by atoms with Crippen molar-refractivity contribution in [2.24, 2.45) is 5.73 Å². The largest absolute Gasteiger partial charge is 0.393 e. The van der Waals surface area contributed by atoms with E-state index >= 15 is 0 Å². The molecule has 0 atom stereocenters. The summed E-state index contributed by atoms with van der Waals surface area (Å²) in [6.07, 6.45) is 3.13. The zero-order valence-electron chi connectivity index (χ0n) is 8.36. The Morgan fingerprint density at radius 3 is 2.71 bits per heavy atom. The maximum atomic E-state index is 9.42. The van der Waals surface area contributed by atoms with Crippen LogP contribution in [0.25, 0.3) is 0 Å². The van der Waals surface area contributed by atoms with E-state index in [4.69, 9.17) is 5.73 Å². The Morgan fingerprint density at radius 2 is 2.21 bits per heavy atom. The van der Waals surface area contributed by atoms with Gasteiger partial charge in [-0.15, -0.1) is 11.3 Å². The molecule has 78 valence electrons. The fraction of sp³-hybridized carbons (Fsp3) is 0.700. The van der Waals surface area contributed by atoms with E-state index in [0.717, 1.165) is 36.4 Å². The highest BCUT2D eigenvalue weighted by Crippen LogP contribution is 2.35. The first-order valence-electron chi connectivity index (χ1n) is 5.00. The van der Waals surface area contributed by atoms with Gasteiger partial charge in [0.05, 0.1) is 22.3 Å². The summed E-state index contributed by atoms with van der Waals surface area (Å²) < 4.78 is 0. The molecule has 0 saturated heterocycles. The molecule has 0 unspecified atom stereocenters. The first kappa shape index (κ1) is 10.1. The number of hydrogen-bond donors (Lipinski definition) is 2. The van der Waals surface area contributed by atoms with Crippen LogP contribution in [0.5, 0.6) is 0 Å². The molecule has 14 heavy (non-hydrogen) atoms. The fourth-order valence-corrected chi connectivity index (χ4v) is 2.69. The average Bonchev–Trinajstić information content (AvgIpc) is 2.58. The molecule has 0 radical (unpaired) electrons. The van der Waals surface area contributed by atoms with Gasteiger partial charge in [-0.3, -0.25) is 0 Å². The summed E-state index contributed by atoms with van der Waals surface area (Å²) >= 11 is 1.64. The lowest BCUT2D eigenvalue weighted by molar-refractivity contribution is 0.0958. The third kappa shape index (κ3) is 1.82. The van der Waals surface area contributed by atoms with Gasteiger partial charge >= 0.3 is 0 Å². The van der Waals surface area contributed by atoms with Crippen LogP contribution >= 0.6 is 11.3 Å². The molecule has 0 bridgehead atoms. The highest BCUT2D eigenvalue weighted by molar-refractivity contribution is 7.09. The molecule has 1 heterocycles. The highest BCUT2D eigenvalue weighted by atomic mass is 32.1. The van der Waals surface area contributed by atoms with Gasteiger partial charge in [0.25, 0.3) is 0 Å². The van der Waals surface area contributed by atoms with E-state index in [9.17, 15) is 5.11 Å². The molecule has 4 heteroatoms. The number of nitrogens with zero attached hydrogens (tertiary/aromatic N) is 1. The monoisotopic (exact) mass is 212 g/mol. The fourth-order valence-electron chi connectivity index (χ4n) is 1.97. The number of aryl methyl sites for hydroxylation is 1. The van der Waals surface area contributed by atoms with Gasteiger partial charge in [0.2, 0.25) is 0 Å². The number of aromatic nitrogens is 1. The molecule has 0 aromatic carbocycles. The van der Waals surface area contributed by atoms with Crippen LogP contribution in [0.15, 0.2) is 5.38 Å². The minimum absolute atomic E-state index is 0.161. The summed E-state index contributed by atoms with van der Waals surface area (Å²) in [5.41, 5.74) is 7.01. The molecular formula is C10H16N2OS. The summed E-state index contributed by atoms with van der Waals surface area (Å²) in [4.78, 5) is 4.44. The van der Waals surface area contributed by atoms with Gasteiger partial charge < -0.3 is 10.8 Å². The normalized spacial score (nSPS) is 33.2. The molecule has 1 aromatic rings. The zero-order chi connectivity index (χ0) is 10.2. The minimum atomic E-state index is -0.288. The van der Waals surface area contributed by atoms with E-state index < -0.39 is 0 Å². The standard InChI is InChI=1S/C10H16N2OS/c1-7-12-9(6-14-7)10(11)4-2-8(13)3-5-10/h6,8,13H,2-5,11H2,1H3. The molecule has 3 nitrogen and oxygen atoms in total. The first-order chi connectivity index (χ1) is 6.60. The number of hydrogen-bond acceptors (Lipinski definition) is 4. The molecule has 1 aliphatic rings. The average molecular weight is 212 g/mol. The highest BCUT2D eigenvalue weighted by Gasteiger charge is 2.34. The Labute approximate surface area is 88.0 Å². The predicted molar refractivity (Wildman–Crippen MR) is 57.2 cm³/mol. The lowest BCUT2D eigenvalue weighted by Crippen LogP contribution is -2.41. The van der Waals surface area contributed by atoms with Crippen molar-refractivity contribution >= 4 is 11.3 Å². The van der Waals surface area contributed by atoms with Crippen molar-refractivity contribution in [3.8, 4) is 0 Å². The van der Waals surface area contributed by atoms with Crippen LogP contribution in [0.3, 0.4) is 0 Å². The van der Waals surface area contributed by atoms with Crippen LogP contribution in [0, 0.1) is 6.92 Å². The molecule has 3 N–H and O–H groups in total. The summed E-state index contributed by atoms with van der Waals surface area (Å²) in [6.45, 7) is 2.00. The van der Waals surface area contributed by atoms with Crippen LogP contribution < -0.4 is 5.73 Å². The maximum Gasteiger partial charge on any atom is 0.0898 e. The lowest BCUT2D eigenvalue weighted by atomic mass is 9.79. The SMILES string of the molecule is Cc1nc(C2(N)CCC(O)CC2)cs1. The van der Waals surface area contributed by atoms with Gasteiger partial charge in [-0.1, -0.05) is 0 Å². The minimum Gasteiger partial charge on any atom is -0.393 e. The Morgan fingerprint density at radius 1 is 1.57 bits per heavy atom. The van der Waals surface area contributed by atoms with Crippen LogP contribution in [0.1, 0.15) is 36.4 Å². The molecule has 0 spiro atoms. The van der Waals surface area contributed by atoms with E-state index in [0.29, 0.717) is 0 Å². The third-order valence-corrected chi connectivity index (χ3v) is 3.75. The van der Waals surface area contributed by atoms with E-state index in [1.54, 1.807) is 11.3 Å². The third-order valence-electron chi connectivity index (χ3n) is 2.98. The quantitative estimate of drug-likeness (QED) is 0.742. The summed E-state index contributed by atoms with van der Waals surface area (Å²) in [6, 6.07) is 0. The van der Waals surface area contributed by atoms with Gasteiger partial charge in [0, 0.05) is 5.38 Å². The van der Waals surface area contributed by atoms with Crippen LogP contribution in [-0.4, -0.2) is 16.2 Å². The lowest BCUT2D eigenvalue weighted by Gasteiger charge is -2.34. The molecule has 1 aromatic heterocycles. The van der Waals surface area contributed by atoms with Crippen molar-refractivity contribution in [2.45, 2.75) is 44.2 Å². The van der Waals surface area contributed by atoms with E-state index in [1.807, 2.05) is 12.3 Å². The Bertz CT molecular complexity index is 316. The Kier molecular flexibility index (Phi) is 2.60. The maximum absolute atomic E-state index is 9.42. The molecule has 2 rings (SSSR count). The van der Waals surface area contributed by atoms with Gasteiger partial charge in [-0.25, -0.2) is 4.98 Å². The van der Waals surface area contributed by atoms with Crippen molar-refractivity contribution in [1.29, 1.82) is 0 Å². The van der Waals surface area contributed by atoms with E-state index in [1.165, 1.54) is 0 Å². The van der Waals surface area contributed by atoms with Gasteiger partial charge in [-0.05, 0) is 32.6 Å². The van der Waals surface area contributed by atoms with Crippen LogP contribution in [0.2, 0.25) is 0 Å². The summed E-state index contributed by atoms with van der Waals surface area (Å²) in [5, 5.41) is 12.5. The Hall–Kier alpha value is -0.450. The van der Waals surface area contributed by atoms with E-state index in [2.05, 4.69) is 4.98 Å². The molecule has 0 aliphatic heterocycles. The molecule has 1 aliphatic carbocycles. The van der Waals surface area contributed by atoms with Crippen LogP contribution in [0.4, 0.5) is 0 Å². The molecule has 1 saturated carbocycles. The van der Waals surface area contributed by atoms with Gasteiger partial charge in [0.1, 0.15) is 0 Å². The van der Waals surface area contributed by atoms with Gasteiger partial charge in [0.15, 0.2) is 0 Å².